The molecule has 4 rings (SSSR count). The van der Waals surface area contributed by atoms with E-state index in [1.54, 1.807) is 0 Å². The van der Waals surface area contributed by atoms with E-state index >= 15 is 0 Å². The summed E-state index contributed by atoms with van der Waals surface area (Å²) in [5, 5.41) is 0.530. The number of amides is 1. The van der Waals surface area contributed by atoms with E-state index in [1.165, 1.54) is 18.2 Å². The van der Waals surface area contributed by atoms with Crippen molar-refractivity contribution in [3.05, 3.63) is 64.5 Å². The van der Waals surface area contributed by atoms with Gasteiger partial charge in [-0.3, -0.25) is 9.78 Å². The van der Waals surface area contributed by atoms with Crippen LogP contribution in [0.25, 0.3) is 10.9 Å². The number of hydrogen-bond donors (Lipinski definition) is 1. The third kappa shape index (κ3) is 4.85. The predicted molar refractivity (Wildman–Crippen MR) is 105 cm³/mol. The van der Waals surface area contributed by atoms with Crippen molar-refractivity contribution in [2.75, 3.05) is 12.3 Å². The zero-order valence-electron chi connectivity index (χ0n) is 16.8. The van der Waals surface area contributed by atoms with E-state index in [0.29, 0.717) is 39.2 Å². The van der Waals surface area contributed by atoms with Crippen LogP contribution in [-0.2, 0) is 30.7 Å². The van der Waals surface area contributed by atoms with Crippen LogP contribution in [0.5, 0.6) is 0 Å². The van der Waals surface area contributed by atoms with Gasteiger partial charge in [0.05, 0.1) is 36.5 Å². The molecule has 0 spiro atoms. The molecule has 1 aromatic carbocycles. The molecule has 3 aromatic rings. The van der Waals surface area contributed by atoms with E-state index in [-0.39, 0.29) is 30.3 Å². The molecule has 6 nitrogen and oxygen atoms in total. The monoisotopic (exact) mass is 470 g/mol. The van der Waals surface area contributed by atoms with Gasteiger partial charge in [-0.25, -0.2) is 4.98 Å². The van der Waals surface area contributed by atoms with Gasteiger partial charge in [0.1, 0.15) is 12.4 Å². The highest BCUT2D eigenvalue weighted by molar-refractivity contribution is 5.99. The average Bonchev–Trinajstić information content (AvgIpc) is 3.22. The number of carbonyl (C=O) groups excluding carboxylic acids is 1. The molecule has 2 N–H and O–H groups in total. The first kappa shape index (κ1) is 22.8. The first-order valence-corrected chi connectivity index (χ1v) is 9.59. The number of halogens is 6. The second-order valence-corrected chi connectivity index (χ2v) is 7.49. The van der Waals surface area contributed by atoms with Gasteiger partial charge in [0, 0.05) is 22.7 Å². The molecule has 0 saturated carbocycles. The SMILES string of the molecule is Nc1nc2ccc(C(=O)N(Cc3ccc(C(F)(F)F)cn3)CC(F)(F)F)cc2c2c1COC2. The largest absolute Gasteiger partial charge is 0.417 e. The van der Waals surface area contributed by atoms with E-state index in [0.717, 1.165) is 6.07 Å². The number of nitrogen functional groups attached to an aromatic ring is 1. The summed E-state index contributed by atoms with van der Waals surface area (Å²) in [4.78, 5) is 21.3. The highest BCUT2D eigenvalue weighted by atomic mass is 19.4. The Morgan fingerprint density at radius 3 is 2.42 bits per heavy atom. The lowest BCUT2D eigenvalue weighted by Crippen LogP contribution is -2.38. The van der Waals surface area contributed by atoms with Crippen molar-refractivity contribution in [1.82, 2.24) is 14.9 Å². The Kier molecular flexibility index (Phi) is 5.64. The number of fused-ring (bicyclic) bond motifs is 3. The van der Waals surface area contributed by atoms with Crippen LogP contribution in [0.1, 0.15) is 32.7 Å². The van der Waals surface area contributed by atoms with Crippen LogP contribution in [0.4, 0.5) is 32.2 Å². The number of hydrogen-bond acceptors (Lipinski definition) is 5. The molecule has 0 radical (unpaired) electrons. The van der Waals surface area contributed by atoms with Gasteiger partial charge in [-0.15, -0.1) is 0 Å². The van der Waals surface area contributed by atoms with Gasteiger partial charge in [0.15, 0.2) is 0 Å². The fraction of sp³-hybridized carbons (Fsp3) is 0.286. The Bertz CT molecular complexity index is 1210. The molecule has 0 aliphatic carbocycles. The maximum absolute atomic E-state index is 13.2. The minimum Gasteiger partial charge on any atom is -0.383 e. The number of ether oxygens (including phenoxy) is 1. The molecular weight excluding hydrogens is 454 g/mol. The van der Waals surface area contributed by atoms with Crippen LogP contribution in [0.3, 0.4) is 0 Å². The zero-order chi connectivity index (χ0) is 24.0. The van der Waals surface area contributed by atoms with Crippen molar-refractivity contribution in [2.24, 2.45) is 0 Å². The third-order valence-corrected chi connectivity index (χ3v) is 5.14. The number of carbonyl (C=O) groups is 1. The first-order chi connectivity index (χ1) is 15.4. The van der Waals surface area contributed by atoms with Crippen LogP contribution in [0.15, 0.2) is 36.5 Å². The number of nitrogens with zero attached hydrogens (tertiary/aromatic N) is 3. The van der Waals surface area contributed by atoms with E-state index in [1.807, 2.05) is 0 Å². The van der Waals surface area contributed by atoms with Crippen LogP contribution in [0.2, 0.25) is 0 Å². The molecule has 1 aliphatic heterocycles. The maximum atomic E-state index is 13.2. The summed E-state index contributed by atoms with van der Waals surface area (Å²) in [7, 11) is 0. The normalized spacial score (nSPS) is 13.9. The molecule has 0 unspecified atom stereocenters. The molecule has 1 amide bonds. The molecule has 12 heteroatoms. The molecule has 0 saturated heterocycles. The Labute approximate surface area is 183 Å². The van der Waals surface area contributed by atoms with Gasteiger partial charge >= 0.3 is 12.4 Å². The van der Waals surface area contributed by atoms with Crippen molar-refractivity contribution < 1.29 is 35.9 Å². The maximum Gasteiger partial charge on any atom is 0.417 e. The molecular formula is C21H16F6N4O2. The molecule has 0 bridgehead atoms. The average molecular weight is 470 g/mol. The van der Waals surface area contributed by atoms with Crippen LogP contribution < -0.4 is 5.73 Å². The molecule has 174 valence electrons. The number of anilines is 1. The summed E-state index contributed by atoms with van der Waals surface area (Å²) in [5.41, 5.74) is 6.53. The lowest BCUT2D eigenvalue weighted by molar-refractivity contribution is -0.141. The smallest absolute Gasteiger partial charge is 0.383 e. The summed E-state index contributed by atoms with van der Waals surface area (Å²) in [6, 6.07) is 5.86. The summed E-state index contributed by atoms with van der Waals surface area (Å²) < 4.78 is 83.1. The number of pyridine rings is 2. The van der Waals surface area contributed by atoms with E-state index < -0.39 is 36.9 Å². The predicted octanol–water partition coefficient (Wildman–Crippen LogP) is 4.47. The second-order valence-electron chi connectivity index (χ2n) is 7.49. The lowest BCUT2D eigenvalue weighted by atomic mass is 10.0. The first-order valence-electron chi connectivity index (χ1n) is 9.59. The Hall–Kier alpha value is -3.41. The fourth-order valence-electron chi connectivity index (χ4n) is 3.58. The highest BCUT2D eigenvalue weighted by Gasteiger charge is 2.34. The van der Waals surface area contributed by atoms with Gasteiger partial charge in [-0.05, 0) is 35.9 Å². The van der Waals surface area contributed by atoms with Crippen LogP contribution in [-0.4, -0.2) is 33.5 Å². The standard InChI is InChI=1S/C21H16F6N4O2/c22-20(23,24)10-31(7-13-3-2-12(6-29-13)21(25,26)27)19(32)11-1-4-17-14(5-11)15-8-33-9-16(15)18(28)30-17/h1-6H,7-10H2,(H2,28,30). The Morgan fingerprint density at radius 2 is 1.79 bits per heavy atom. The van der Waals surface area contributed by atoms with Crippen molar-refractivity contribution in [1.29, 1.82) is 0 Å². The summed E-state index contributed by atoms with van der Waals surface area (Å²) in [5.74, 6) is -0.679. The third-order valence-electron chi connectivity index (χ3n) is 5.14. The van der Waals surface area contributed by atoms with Crippen LogP contribution >= 0.6 is 0 Å². The van der Waals surface area contributed by atoms with E-state index in [4.69, 9.17) is 10.5 Å². The van der Waals surface area contributed by atoms with Gasteiger partial charge in [-0.2, -0.15) is 26.3 Å². The van der Waals surface area contributed by atoms with Crippen molar-refractivity contribution in [3.8, 4) is 0 Å². The van der Waals surface area contributed by atoms with E-state index in [2.05, 4.69) is 9.97 Å². The molecule has 2 aromatic heterocycles. The summed E-state index contributed by atoms with van der Waals surface area (Å²) >= 11 is 0. The van der Waals surface area contributed by atoms with Crippen molar-refractivity contribution in [3.63, 3.8) is 0 Å². The highest BCUT2D eigenvalue weighted by Crippen LogP contribution is 2.32. The van der Waals surface area contributed by atoms with Gasteiger partial charge in [0.2, 0.25) is 0 Å². The van der Waals surface area contributed by atoms with Crippen molar-refractivity contribution in [2.45, 2.75) is 32.1 Å². The number of alkyl halides is 6. The number of rotatable bonds is 4. The minimum absolute atomic E-state index is 0.0423. The minimum atomic E-state index is -4.73. The van der Waals surface area contributed by atoms with E-state index in [9.17, 15) is 31.1 Å². The summed E-state index contributed by atoms with van der Waals surface area (Å²) in [6.45, 7) is -1.77. The fourth-order valence-corrected chi connectivity index (χ4v) is 3.58. The van der Waals surface area contributed by atoms with Crippen molar-refractivity contribution >= 4 is 22.6 Å². The Morgan fingerprint density at radius 1 is 1.06 bits per heavy atom. The van der Waals surface area contributed by atoms with Gasteiger partial charge in [-0.1, -0.05) is 0 Å². The van der Waals surface area contributed by atoms with Gasteiger partial charge < -0.3 is 15.4 Å². The molecule has 3 heterocycles. The molecule has 0 atom stereocenters. The van der Waals surface area contributed by atoms with Crippen LogP contribution in [0, 0.1) is 0 Å². The summed E-state index contributed by atoms with van der Waals surface area (Å²) in [6.07, 6.45) is -8.86. The quantitative estimate of drug-likeness (QED) is 0.570. The molecule has 33 heavy (non-hydrogen) atoms. The number of nitrogens with two attached hydrogens (primary N) is 1. The topological polar surface area (TPSA) is 81.3 Å². The number of benzene rings is 1. The molecule has 1 aliphatic rings. The second kappa shape index (κ2) is 8.18. The molecule has 0 fully saturated rings. The van der Waals surface area contributed by atoms with Gasteiger partial charge in [0.25, 0.3) is 5.91 Å². The zero-order valence-corrected chi connectivity index (χ0v) is 16.8. The number of aromatic nitrogens is 2. The Balaban J connectivity index is 1.67. The lowest BCUT2D eigenvalue weighted by Gasteiger charge is -2.24.